The molecule has 19 N–H and O–H groups in total. The number of nitrogens with zero attached hydrogens (tertiary/aromatic N) is 6. The molecule has 5 rings (SSSR count). The zero-order chi connectivity index (χ0) is 62.3. The van der Waals surface area contributed by atoms with Gasteiger partial charge in [-0.25, -0.2) is 9.97 Å². The van der Waals surface area contributed by atoms with Gasteiger partial charge in [0.2, 0.25) is 53.2 Å². The number of carbonyl (C=O) groups excluding carboxylic acids is 9. The van der Waals surface area contributed by atoms with Gasteiger partial charge in [-0.05, 0) is 87.4 Å². The molecule has 0 unspecified atom stereocenters. The van der Waals surface area contributed by atoms with Crippen molar-refractivity contribution >= 4 is 75.7 Å². The SMILES string of the molecule is CC[C@H](C)[C@H](N)C(=O)N[C@@H](CCCCN)C(=O)N1CCN(c2ccc3ncn(CC(=O)N[C@@H](CCCN=C(N)N)C(=O)N[C@@H](Cc4cnc[nH]4)C(=O)N[C@@H](Cc4ccc(O)cc4)C(=O)N[C@@H](C)C(=O)N[C@@H](CC(N)=O)C(=O)NC)c(=O)c3c2)CC1. The molecule has 0 radical (unpaired) electrons. The van der Waals surface area contributed by atoms with Crippen molar-refractivity contribution in [3.63, 3.8) is 0 Å². The van der Waals surface area contributed by atoms with Crippen molar-refractivity contribution in [3.8, 4) is 5.75 Å². The number of primary amides is 1. The summed E-state index contributed by atoms with van der Waals surface area (Å²) in [6.07, 6.45) is 5.54. The number of H-pyrrole nitrogens is 1. The van der Waals surface area contributed by atoms with Crippen LogP contribution in [-0.4, -0.2) is 177 Å². The summed E-state index contributed by atoms with van der Waals surface area (Å²) in [4.78, 5) is 154. The fraction of sp³-hybridized carbons (Fsp3) is 0.509. The molecule has 2 aromatic carbocycles. The first-order valence-electron chi connectivity index (χ1n) is 28.1. The predicted molar refractivity (Wildman–Crippen MR) is 314 cm³/mol. The predicted octanol–water partition coefficient (Wildman–Crippen LogP) is -3.93. The minimum atomic E-state index is -1.46. The number of likely N-dealkylation sites (N-methyl/N-ethyl adjacent to an activating group) is 1. The van der Waals surface area contributed by atoms with E-state index in [0.29, 0.717) is 80.9 Å². The van der Waals surface area contributed by atoms with E-state index in [2.05, 4.69) is 57.2 Å². The lowest BCUT2D eigenvalue weighted by Crippen LogP contribution is -2.59. The van der Waals surface area contributed by atoms with Crippen LogP contribution in [0.3, 0.4) is 0 Å². The maximum Gasteiger partial charge on any atom is 0.261 e. The number of amides is 9. The number of aromatic amines is 1. The standard InChI is InChI=1S/C55H81N19O11/c1-5-31(2)46(58)52(83)68-40(9-6-7-17-56)54(85)73-21-19-72(20-22-73)35-13-16-38-37(25-35)53(84)74(30-65-38)28-45(77)67-39(10-8-18-63-55(59)60)49(80)71-42(24-34-27-62-29-64-34)51(82)70-41(23-33-11-14-36(75)15-12-33)50(81)66-32(3)47(78)69-43(26-44(57)76)48(79)61-4/h11-16,25,27,29-32,39-43,46,75H,5-10,17-24,26,28,56,58H2,1-4H3,(H2,57,76)(H,61,79)(H,62,64)(H,66,81)(H,67,77)(H,68,83)(H,69,78)(H,70,82)(H,71,80)(H4,59,60,63)/t31-,32-,39-,40-,41-,42-,43-,46-/m0/s1. The fourth-order valence-electron chi connectivity index (χ4n) is 9.27. The van der Waals surface area contributed by atoms with E-state index in [1.54, 1.807) is 23.1 Å². The van der Waals surface area contributed by atoms with Crippen LogP contribution < -0.4 is 76.3 Å². The zero-order valence-electron chi connectivity index (χ0n) is 48.3. The van der Waals surface area contributed by atoms with E-state index in [1.807, 2.05) is 18.7 Å². The number of aromatic nitrogens is 4. The van der Waals surface area contributed by atoms with E-state index >= 15 is 0 Å². The Labute approximate surface area is 491 Å². The Bertz CT molecular complexity index is 3040. The average molecular weight is 1180 g/mol. The first-order valence-corrected chi connectivity index (χ1v) is 28.1. The largest absolute Gasteiger partial charge is 0.508 e. The molecule has 2 aromatic heterocycles. The number of nitrogens with two attached hydrogens (primary N) is 5. The van der Waals surface area contributed by atoms with E-state index in [1.165, 1.54) is 57.1 Å². The number of unbranched alkanes of at least 4 members (excludes halogenated alkanes) is 1. The summed E-state index contributed by atoms with van der Waals surface area (Å²) >= 11 is 0. The summed E-state index contributed by atoms with van der Waals surface area (Å²) in [7, 11) is 1.29. The fourth-order valence-corrected chi connectivity index (χ4v) is 9.27. The minimum Gasteiger partial charge on any atom is -0.508 e. The highest BCUT2D eigenvalue weighted by atomic mass is 16.3. The van der Waals surface area contributed by atoms with Crippen LogP contribution in [0.5, 0.6) is 5.75 Å². The number of carbonyl (C=O) groups is 9. The molecule has 0 spiro atoms. The number of aromatic hydroxyl groups is 1. The summed E-state index contributed by atoms with van der Waals surface area (Å²) in [5.41, 5.74) is 29.6. The molecule has 4 aromatic rings. The molecule has 9 amide bonds. The van der Waals surface area contributed by atoms with Gasteiger partial charge in [0.1, 0.15) is 48.5 Å². The summed E-state index contributed by atoms with van der Waals surface area (Å²) < 4.78 is 1.08. The molecule has 1 fully saturated rings. The topological polar surface area (TPSA) is 471 Å². The van der Waals surface area contributed by atoms with Crippen molar-refractivity contribution in [2.75, 3.05) is 51.2 Å². The number of fused-ring (bicyclic) bond motifs is 1. The smallest absolute Gasteiger partial charge is 0.261 e. The molecule has 30 heteroatoms. The maximum atomic E-state index is 14.4. The van der Waals surface area contributed by atoms with Gasteiger partial charge >= 0.3 is 0 Å². The number of aliphatic imine (C=N–C) groups is 1. The van der Waals surface area contributed by atoms with Gasteiger partial charge in [0, 0.05) is 70.2 Å². The highest BCUT2D eigenvalue weighted by molar-refractivity contribution is 5.97. The van der Waals surface area contributed by atoms with Crippen molar-refractivity contribution in [3.05, 3.63) is 82.9 Å². The van der Waals surface area contributed by atoms with E-state index in [4.69, 9.17) is 28.7 Å². The molecule has 1 aliphatic heterocycles. The van der Waals surface area contributed by atoms with Crippen molar-refractivity contribution in [2.24, 2.45) is 39.6 Å². The number of benzene rings is 2. The van der Waals surface area contributed by atoms with Crippen molar-refractivity contribution in [2.45, 2.75) is 127 Å². The van der Waals surface area contributed by atoms with Gasteiger partial charge < -0.3 is 85.8 Å². The Morgan fingerprint density at radius 1 is 0.741 bits per heavy atom. The van der Waals surface area contributed by atoms with Crippen LogP contribution >= 0.6 is 0 Å². The van der Waals surface area contributed by atoms with Gasteiger partial charge in [0.05, 0.1) is 36.0 Å². The van der Waals surface area contributed by atoms with E-state index < -0.39 is 102 Å². The quantitative estimate of drug-likeness (QED) is 0.0126. The van der Waals surface area contributed by atoms with Crippen LogP contribution in [0.4, 0.5) is 5.69 Å². The first-order chi connectivity index (χ1) is 40.5. The minimum absolute atomic E-state index is 0.0472. The second kappa shape index (κ2) is 32.6. The molecule has 0 saturated carbocycles. The van der Waals surface area contributed by atoms with Crippen molar-refractivity contribution < 1.29 is 48.3 Å². The molecule has 3 heterocycles. The molecule has 0 bridgehead atoms. The number of piperazine rings is 1. The normalized spacial score (nSPS) is 15.1. The third kappa shape index (κ3) is 20.3. The van der Waals surface area contributed by atoms with Crippen LogP contribution in [0.15, 0.2) is 71.1 Å². The first kappa shape index (κ1) is 66.6. The van der Waals surface area contributed by atoms with Gasteiger partial charge in [-0.2, -0.15) is 0 Å². The number of guanidine groups is 1. The summed E-state index contributed by atoms with van der Waals surface area (Å²) in [5.74, 6) is -6.83. The number of phenolic OH excluding ortho intramolecular Hbond substituents is 1. The molecule has 462 valence electrons. The number of imidazole rings is 1. The van der Waals surface area contributed by atoms with Crippen molar-refractivity contribution in [1.82, 2.24) is 61.6 Å². The zero-order valence-corrected chi connectivity index (χ0v) is 48.3. The Balaban J connectivity index is 1.32. The molecule has 85 heavy (non-hydrogen) atoms. The van der Waals surface area contributed by atoms with Gasteiger partial charge in [0.15, 0.2) is 5.96 Å². The van der Waals surface area contributed by atoms with Crippen LogP contribution in [0, 0.1) is 5.92 Å². The van der Waals surface area contributed by atoms with Crippen LogP contribution in [0.1, 0.15) is 77.0 Å². The average Bonchev–Trinajstić information content (AvgIpc) is 3.18. The highest BCUT2D eigenvalue weighted by Crippen LogP contribution is 2.22. The van der Waals surface area contributed by atoms with Crippen LogP contribution in [0.25, 0.3) is 10.9 Å². The second-order valence-corrected chi connectivity index (χ2v) is 20.9. The number of hydrogen-bond donors (Lipinski definition) is 14. The Hall–Kier alpha value is -9.19. The van der Waals surface area contributed by atoms with Gasteiger partial charge in [-0.3, -0.25) is 57.5 Å². The number of rotatable bonds is 32. The molecular weight excluding hydrogens is 1100 g/mol. The molecule has 1 saturated heterocycles. The third-order valence-electron chi connectivity index (χ3n) is 14.5. The molecule has 30 nitrogen and oxygen atoms in total. The van der Waals surface area contributed by atoms with Gasteiger partial charge in [-0.15, -0.1) is 0 Å². The Morgan fingerprint density at radius 2 is 1.38 bits per heavy atom. The summed E-state index contributed by atoms with van der Waals surface area (Å²) in [6.45, 7) is 6.50. The second-order valence-electron chi connectivity index (χ2n) is 20.9. The summed E-state index contributed by atoms with van der Waals surface area (Å²) in [6, 6.07) is 2.39. The number of phenols is 1. The van der Waals surface area contributed by atoms with Crippen LogP contribution in [0.2, 0.25) is 0 Å². The third-order valence-corrected chi connectivity index (χ3v) is 14.5. The molecule has 0 aliphatic carbocycles. The maximum absolute atomic E-state index is 14.4. The van der Waals surface area contributed by atoms with E-state index in [0.717, 1.165) is 4.57 Å². The lowest BCUT2D eigenvalue weighted by atomic mass is 9.98. The number of nitrogens with one attached hydrogen (secondary N) is 8. The molecule has 1 aliphatic rings. The Morgan fingerprint density at radius 3 is 2.00 bits per heavy atom. The lowest BCUT2D eigenvalue weighted by molar-refractivity contribution is -0.137. The van der Waals surface area contributed by atoms with E-state index in [-0.39, 0.29) is 67.1 Å². The number of anilines is 1. The number of hydrogen-bond acceptors (Lipinski definition) is 17. The summed E-state index contributed by atoms with van der Waals surface area (Å²) in [5, 5.41) is 28.2. The van der Waals surface area contributed by atoms with E-state index in [9.17, 15) is 53.1 Å². The van der Waals surface area contributed by atoms with Gasteiger partial charge in [0.25, 0.3) is 5.56 Å². The monoisotopic (exact) mass is 1180 g/mol. The lowest BCUT2D eigenvalue weighted by Gasteiger charge is -2.38. The van der Waals surface area contributed by atoms with Crippen molar-refractivity contribution in [1.29, 1.82) is 0 Å². The molecular formula is C55H81N19O11. The highest BCUT2D eigenvalue weighted by Gasteiger charge is 2.34. The Kier molecular flexibility index (Phi) is 25.5. The van der Waals surface area contributed by atoms with Crippen LogP contribution in [-0.2, 0) is 62.5 Å². The molecule has 8 atom stereocenters. The van der Waals surface area contributed by atoms with Gasteiger partial charge in [-0.1, -0.05) is 32.4 Å².